The minimum absolute atomic E-state index is 0.156. The Hall–Kier alpha value is -1.39. The number of carbonyl (C=O) groups excluding carboxylic acids is 1. The van der Waals surface area contributed by atoms with E-state index in [1.165, 1.54) is 0 Å². The first-order chi connectivity index (χ1) is 6.43. The molecule has 0 amide bonds. The maximum atomic E-state index is 11.1. The molecule has 14 heavy (non-hydrogen) atoms. The standard InChI is InChI=1S/C9H12O5/c1-4-2-5(10)3-6(8(11)12)7(4)9(13)14/h4,6-7H,2-3H2,1H3,(H,11,12)(H,13,14)/t4-,6-,7-/m1/s1. The van der Waals surface area contributed by atoms with E-state index in [1.54, 1.807) is 6.92 Å². The number of carboxylic acids is 2. The molecule has 0 bridgehead atoms. The van der Waals surface area contributed by atoms with Gasteiger partial charge >= 0.3 is 11.9 Å². The Morgan fingerprint density at radius 1 is 1.21 bits per heavy atom. The summed E-state index contributed by atoms with van der Waals surface area (Å²) >= 11 is 0. The van der Waals surface area contributed by atoms with E-state index in [1.807, 2.05) is 0 Å². The van der Waals surface area contributed by atoms with Crippen molar-refractivity contribution in [3.8, 4) is 0 Å². The normalized spacial score (nSPS) is 32.6. The molecule has 0 heterocycles. The van der Waals surface area contributed by atoms with Gasteiger partial charge in [0.15, 0.2) is 0 Å². The van der Waals surface area contributed by atoms with Crippen molar-refractivity contribution in [3.63, 3.8) is 0 Å². The third-order valence-corrected chi connectivity index (χ3v) is 2.65. The van der Waals surface area contributed by atoms with Gasteiger partial charge in [0, 0.05) is 12.8 Å². The number of carbonyl (C=O) groups is 3. The zero-order valence-electron chi connectivity index (χ0n) is 7.77. The van der Waals surface area contributed by atoms with Crippen molar-refractivity contribution in [1.29, 1.82) is 0 Å². The largest absolute Gasteiger partial charge is 0.481 e. The van der Waals surface area contributed by atoms with Crippen LogP contribution in [0, 0.1) is 17.8 Å². The van der Waals surface area contributed by atoms with E-state index in [0.717, 1.165) is 0 Å². The van der Waals surface area contributed by atoms with Gasteiger partial charge in [0.2, 0.25) is 0 Å². The minimum Gasteiger partial charge on any atom is -0.481 e. The molecule has 1 aliphatic rings. The number of hydrogen-bond donors (Lipinski definition) is 2. The van der Waals surface area contributed by atoms with Crippen LogP contribution in [-0.2, 0) is 14.4 Å². The molecule has 1 fully saturated rings. The van der Waals surface area contributed by atoms with Crippen LogP contribution >= 0.6 is 0 Å². The van der Waals surface area contributed by atoms with Gasteiger partial charge in [0.05, 0.1) is 11.8 Å². The van der Waals surface area contributed by atoms with E-state index in [-0.39, 0.29) is 18.6 Å². The number of hydrogen-bond acceptors (Lipinski definition) is 3. The van der Waals surface area contributed by atoms with Crippen LogP contribution in [-0.4, -0.2) is 27.9 Å². The number of aliphatic carboxylic acids is 2. The number of carboxylic acid groups (broad SMARTS) is 2. The van der Waals surface area contributed by atoms with Gasteiger partial charge in [-0.1, -0.05) is 6.92 Å². The van der Waals surface area contributed by atoms with Crippen molar-refractivity contribution in [1.82, 2.24) is 0 Å². The molecule has 1 rings (SSSR count). The zero-order chi connectivity index (χ0) is 10.9. The van der Waals surface area contributed by atoms with Crippen LogP contribution in [0.5, 0.6) is 0 Å². The first-order valence-corrected chi connectivity index (χ1v) is 4.40. The summed E-state index contributed by atoms with van der Waals surface area (Å²) in [6, 6.07) is 0. The average Bonchev–Trinajstić information content (AvgIpc) is 2.01. The van der Waals surface area contributed by atoms with Gasteiger partial charge in [0.1, 0.15) is 5.78 Å². The predicted octanol–water partition coefficient (Wildman–Crippen LogP) is 0.387. The smallest absolute Gasteiger partial charge is 0.307 e. The molecule has 3 atom stereocenters. The molecule has 5 heteroatoms. The Kier molecular flexibility index (Phi) is 2.88. The topological polar surface area (TPSA) is 91.7 Å². The van der Waals surface area contributed by atoms with Crippen molar-refractivity contribution >= 4 is 17.7 Å². The Morgan fingerprint density at radius 3 is 2.21 bits per heavy atom. The Balaban J connectivity index is 2.91. The summed E-state index contributed by atoms with van der Waals surface area (Å²) in [6.07, 6.45) is 0.0113. The highest BCUT2D eigenvalue weighted by Crippen LogP contribution is 2.33. The van der Waals surface area contributed by atoms with Gasteiger partial charge in [-0.2, -0.15) is 0 Å². The molecular weight excluding hydrogens is 188 g/mol. The third-order valence-electron chi connectivity index (χ3n) is 2.65. The summed E-state index contributed by atoms with van der Waals surface area (Å²) in [7, 11) is 0. The van der Waals surface area contributed by atoms with Crippen molar-refractivity contribution in [2.75, 3.05) is 0 Å². The van der Waals surface area contributed by atoms with Crippen molar-refractivity contribution in [3.05, 3.63) is 0 Å². The SMILES string of the molecule is C[C@@H]1CC(=O)C[C@@H](C(=O)O)[C@@H]1C(=O)O. The first kappa shape index (κ1) is 10.7. The molecule has 0 unspecified atom stereocenters. The van der Waals surface area contributed by atoms with Crippen molar-refractivity contribution < 1.29 is 24.6 Å². The summed E-state index contributed by atoms with van der Waals surface area (Å²) in [5, 5.41) is 17.6. The fourth-order valence-corrected chi connectivity index (χ4v) is 1.99. The zero-order valence-corrected chi connectivity index (χ0v) is 7.77. The van der Waals surface area contributed by atoms with E-state index in [2.05, 4.69) is 0 Å². The monoisotopic (exact) mass is 200 g/mol. The number of ketones is 1. The summed E-state index contributed by atoms with van der Waals surface area (Å²) in [5.41, 5.74) is 0. The van der Waals surface area contributed by atoms with E-state index >= 15 is 0 Å². The molecule has 0 aromatic rings. The van der Waals surface area contributed by atoms with Gasteiger partial charge < -0.3 is 10.2 Å². The Bertz CT molecular complexity index is 283. The average molecular weight is 200 g/mol. The minimum atomic E-state index is -1.20. The Morgan fingerprint density at radius 2 is 1.79 bits per heavy atom. The molecule has 0 spiro atoms. The quantitative estimate of drug-likeness (QED) is 0.672. The molecule has 1 aliphatic carbocycles. The molecule has 78 valence electrons. The maximum Gasteiger partial charge on any atom is 0.307 e. The second-order valence-electron chi connectivity index (χ2n) is 3.73. The molecule has 0 saturated heterocycles. The highest BCUT2D eigenvalue weighted by molar-refractivity contribution is 5.89. The van der Waals surface area contributed by atoms with E-state index in [0.29, 0.717) is 0 Å². The second kappa shape index (κ2) is 3.77. The highest BCUT2D eigenvalue weighted by Gasteiger charge is 2.43. The lowest BCUT2D eigenvalue weighted by molar-refractivity contribution is -0.159. The lowest BCUT2D eigenvalue weighted by atomic mass is 9.72. The first-order valence-electron chi connectivity index (χ1n) is 4.40. The number of rotatable bonds is 2. The van der Waals surface area contributed by atoms with Crippen LogP contribution in [0.25, 0.3) is 0 Å². The summed E-state index contributed by atoms with van der Waals surface area (Å²) in [4.78, 5) is 32.7. The third kappa shape index (κ3) is 1.92. The maximum absolute atomic E-state index is 11.1. The fourth-order valence-electron chi connectivity index (χ4n) is 1.99. The molecular formula is C9H12O5. The summed E-state index contributed by atoms with van der Waals surface area (Å²) < 4.78 is 0. The van der Waals surface area contributed by atoms with Crippen LogP contribution in [0.4, 0.5) is 0 Å². The van der Waals surface area contributed by atoms with E-state index < -0.39 is 29.7 Å². The van der Waals surface area contributed by atoms with Gasteiger partial charge in [-0.15, -0.1) is 0 Å². The Labute approximate surface area is 80.7 Å². The summed E-state index contributed by atoms with van der Waals surface area (Å²) in [5.74, 6) is -4.89. The highest BCUT2D eigenvalue weighted by atomic mass is 16.4. The fraction of sp³-hybridized carbons (Fsp3) is 0.667. The van der Waals surface area contributed by atoms with E-state index in [9.17, 15) is 14.4 Å². The molecule has 0 radical (unpaired) electrons. The van der Waals surface area contributed by atoms with Crippen LogP contribution in [0.2, 0.25) is 0 Å². The molecule has 1 saturated carbocycles. The second-order valence-corrected chi connectivity index (χ2v) is 3.73. The molecule has 0 aliphatic heterocycles. The van der Waals surface area contributed by atoms with Crippen LogP contribution in [0.15, 0.2) is 0 Å². The number of Topliss-reactive ketones (excluding diaryl/α,β-unsaturated/α-hetero) is 1. The predicted molar refractivity (Wildman–Crippen MR) is 45.7 cm³/mol. The van der Waals surface area contributed by atoms with E-state index in [4.69, 9.17) is 10.2 Å². The van der Waals surface area contributed by atoms with Gasteiger partial charge in [-0.05, 0) is 5.92 Å². The molecule has 5 nitrogen and oxygen atoms in total. The van der Waals surface area contributed by atoms with Crippen LogP contribution in [0.1, 0.15) is 19.8 Å². The van der Waals surface area contributed by atoms with Crippen LogP contribution < -0.4 is 0 Å². The summed E-state index contributed by atoms with van der Waals surface area (Å²) in [6.45, 7) is 1.60. The van der Waals surface area contributed by atoms with Gasteiger partial charge in [-0.25, -0.2) is 0 Å². The lowest BCUT2D eigenvalue weighted by Gasteiger charge is -2.29. The molecule has 0 aromatic carbocycles. The van der Waals surface area contributed by atoms with Crippen LogP contribution in [0.3, 0.4) is 0 Å². The molecule has 0 aromatic heterocycles. The molecule has 2 N–H and O–H groups in total. The van der Waals surface area contributed by atoms with Gasteiger partial charge in [0.25, 0.3) is 0 Å². The van der Waals surface area contributed by atoms with Crippen molar-refractivity contribution in [2.24, 2.45) is 17.8 Å². The van der Waals surface area contributed by atoms with Gasteiger partial charge in [-0.3, -0.25) is 14.4 Å². The van der Waals surface area contributed by atoms with Crippen molar-refractivity contribution in [2.45, 2.75) is 19.8 Å². The lowest BCUT2D eigenvalue weighted by Crippen LogP contribution is -2.40.